The summed E-state index contributed by atoms with van der Waals surface area (Å²) in [6, 6.07) is 7.31. The number of anilines is 2. The number of rotatable bonds is 7. The highest BCUT2D eigenvalue weighted by molar-refractivity contribution is 6.06. The SMILES string of the molecule is COCCCN1C(=O)CC(Nc2ccc(N(C)C)cc2)C1=O. The highest BCUT2D eigenvalue weighted by atomic mass is 16.5. The first-order chi connectivity index (χ1) is 10.5. The van der Waals surface area contributed by atoms with Gasteiger partial charge in [0, 0.05) is 45.7 Å². The van der Waals surface area contributed by atoms with E-state index in [1.807, 2.05) is 43.3 Å². The molecule has 1 aliphatic rings. The molecule has 2 amide bonds. The number of hydrogen-bond acceptors (Lipinski definition) is 5. The lowest BCUT2D eigenvalue weighted by atomic mass is 10.2. The highest BCUT2D eigenvalue weighted by Crippen LogP contribution is 2.21. The third kappa shape index (κ3) is 3.76. The highest BCUT2D eigenvalue weighted by Gasteiger charge is 2.37. The van der Waals surface area contributed by atoms with Crippen LogP contribution in [0.25, 0.3) is 0 Å². The predicted octanol–water partition coefficient (Wildman–Crippen LogP) is 1.33. The third-order valence-corrected chi connectivity index (χ3v) is 3.70. The van der Waals surface area contributed by atoms with Crippen molar-refractivity contribution in [2.45, 2.75) is 18.9 Å². The van der Waals surface area contributed by atoms with Gasteiger partial charge in [0.1, 0.15) is 6.04 Å². The summed E-state index contributed by atoms with van der Waals surface area (Å²) in [5.74, 6) is -0.277. The molecule has 0 spiro atoms. The second-order valence-electron chi connectivity index (χ2n) is 5.57. The number of carbonyl (C=O) groups excluding carboxylic acids is 2. The van der Waals surface area contributed by atoms with Crippen LogP contribution >= 0.6 is 0 Å². The number of ether oxygens (including phenoxy) is 1. The van der Waals surface area contributed by atoms with Crippen LogP contribution in [0.15, 0.2) is 24.3 Å². The van der Waals surface area contributed by atoms with E-state index in [0.717, 1.165) is 11.4 Å². The van der Waals surface area contributed by atoms with Crippen LogP contribution in [0.4, 0.5) is 11.4 Å². The fourth-order valence-corrected chi connectivity index (χ4v) is 2.45. The van der Waals surface area contributed by atoms with Gasteiger partial charge in [0.05, 0.1) is 6.42 Å². The molecule has 1 aliphatic heterocycles. The number of nitrogens with zero attached hydrogens (tertiary/aromatic N) is 2. The zero-order valence-corrected chi connectivity index (χ0v) is 13.3. The number of benzene rings is 1. The summed E-state index contributed by atoms with van der Waals surface area (Å²) >= 11 is 0. The van der Waals surface area contributed by atoms with Crippen molar-refractivity contribution in [3.63, 3.8) is 0 Å². The van der Waals surface area contributed by atoms with Crippen molar-refractivity contribution in [1.82, 2.24) is 4.90 Å². The van der Waals surface area contributed by atoms with Crippen molar-refractivity contribution in [3.8, 4) is 0 Å². The first-order valence-electron chi connectivity index (χ1n) is 7.40. The molecule has 1 aromatic carbocycles. The largest absolute Gasteiger partial charge is 0.385 e. The van der Waals surface area contributed by atoms with E-state index in [4.69, 9.17) is 4.74 Å². The summed E-state index contributed by atoms with van der Waals surface area (Å²) in [5, 5.41) is 3.15. The van der Waals surface area contributed by atoms with E-state index >= 15 is 0 Å². The first kappa shape index (κ1) is 16.3. The Balaban J connectivity index is 1.95. The number of amides is 2. The maximum atomic E-state index is 12.3. The Bertz CT molecular complexity index is 528. The first-order valence-corrected chi connectivity index (χ1v) is 7.40. The molecule has 1 fully saturated rings. The molecule has 6 heteroatoms. The maximum Gasteiger partial charge on any atom is 0.252 e. The van der Waals surface area contributed by atoms with E-state index in [0.29, 0.717) is 19.6 Å². The Labute approximate surface area is 131 Å². The molecule has 0 aromatic heterocycles. The summed E-state index contributed by atoms with van der Waals surface area (Å²) in [7, 11) is 5.55. The van der Waals surface area contributed by atoms with E-state index in [1.165, 1.54) is 4.90 Å². The van der Waals surface area contributed by atoms with Crippen LogP contribution < -0.4 is 10.2 Å². The van der Waals surface area contributed by atoms with Crippen LogP contribution in [0.2, 0.25) is 0 Å². The number of methoxy groups -OCH3 is 1. The Morgan fingerprint density at radius 3 is 2.55 bits per heavy atom. The van der Waals surface area contributed by atoms with Gasteiger partial charge in [0.2, 0.25) is 5.91 Å². The lowest BCUT2D eigenvalue weighted by molar-refractivity contribution is -0.138. The number of nitrogens with one attached hydrogen (secondary N) is 1. The molecule has 1 atom stereocenters. The van der Waals surface area contributed by atoms with Crippen molar-refractivity contribution in [3.05, 3.63) is 24.3 Å². The molecule has 0 saturated carbocycles. The van der Waals surface area contributed by atoms with Crippen LogP contribution in [0.5, 0.6) is 0 Å². The Morgan fingerprint density at radius 1 is 1.27 bits per heavy atom. The topological polar surface area (TPSA) is 61.9 Å². The molecule has 1 aromatic rings. The quantitative estimate of drug-likeness (QED) is 0.608. The molecule has 120 valence electrons. The predicted molar refractivity (Wildman–Crippen MR) is 86.0 cm³/mol. The zero-order chi connectivity index (χ0) is 16.1. The minimum absolute atomic E-state index is 0.122. The fraction of sp³-hybridized carbons (Fsp3) is 0.500. The maximum absolute atomic E-state index is 12.3. The van der Waals surface area contributed by atoms with Crippen molar-refractivity contribution in [1.29, 1.82) is 0 Å². The summed E-state index contributed by atoms with van der Waals surface area (Å²) in [5.41, 5.74) is 1.93. The van der Waals surface area contributed by atoms with Gasteiger partial charge >= 0.3 is 0 Å². The van der Waals surface area contributed by atoms with Crippen molar-refractivity contribution in [2.24, 2.45) is 0 Å². The van der Waals surface area contributed by atoms with E-state index in [9.17, 15) is 9.59 Å². The average molecular weight is 305 g/mol. The van der Waals surface area contributed by atoms with Gasteiger partial charge in [-0.2, -0.15) is 0 Å². The number of carbonyl (C=O) groups is 2. The second kappa shape index (κ2) is 7.26. The lowest BCUT2D eigenvalue weighted by Crippen LogP contribution is -2.35. The van der Waals surface area contributed by atoms with Gasteiger partial charge in [0.15, 0.2) is 0 Å². The van der Waals surface area contributed by atoms with E-state index in [-0.39, 0.29) is 18.2 Å². The molecule has 1 heterocycles. The van der Waals surface area contributed by atoms with Crippen LogP contribution in [0, 0.1) is 0 Å². The molecular weight excluding hydrogens is 282 g/mol. The molecule has 1 saturated heterocycles. The van der Waals surface area contributed by atoms with Gasteiger partial charge in [-0.3, -0.25) is 14.5 Å². The van der Waals surface area contributed by atoms with Gasteiger partial charge in [-0.05, 0) is 30.7 Å². The summed E-state index contributed by atoms with van der Waals surface area (Å²) in [4.78, 5) is 27.6. The monoisotopic (exact) mass is 305 g/mol. The molecule has 0 radical (unpaired) electrons. The molecule has 0 aliphatic carbocycles. The number of hydrogen-bond donors (Lipinski definition) is 1. The summed E-state index contributed by atoms with van der Waals surface area (Å²) in [6.07, 6.45) is 0.874. The fourth-order valence-electron chi connectivity index (χ4n) is 2.45. The second-order valence-corrected chi connectivity index (χ2v) is 5.57. The smallest absolute Gasteiger partial charge is 0.252 e. The molecule has 0 bridgehead atoms. The van der Waals surface area contributed by atoms with Gasteiger partial charge < -0.3 is 15.0 Å². The van der Waals surface area contributed by atoms with Crippen molar-refractivity contribution < 1.29 is 14.3 Å². The Morgan fingerprint density at radius 2 is 1.95 bits per heavy atom. The van der Waals surface area contributed by atoms with Crippen molar-refractivity contribution in [2.75, 3.05) is 44.6 Å². The Kier molecular flexibility index (Phi) is 5.38. The standard InChI is InChI=1S/C16H23N3O3/c1-18(2)13-7-5-12(6-8-13)17-14-11-15(20)19(16(14)21)9-4-10-22-3/h5-8,14,17H,4,9-11H2,1-3H3. The molecule has 6 nitrogen and oxygen atoms in total. The minimum Gasteiger partial charge on any atom is -0.385 e. The Hall–Kier alpha value is -2.08. The molecule has 1 N–H and O–H groups in total. The van der Waals surface area contributed by atoms with Gasteiger partial charge in [-0.1, -0.05) is 0 Å². The van der Waals surface area contributed by atoms with E-state index in [1.54, 1.807) is 7.11 Å². The number of likely N-dealkylation sites (tertiary alicyclic amines) is 1. The van der Waals surface area contributed by atoms with Gasteiger partial charge in [0.25, 0.3) is 5.91 Å². The van der Waals surface area contributed by atoms with Gasteiger partial charge in [-0.15, -0.1) is 0 Å². The number of imide groups is 1. The average Bonchev–Trinajstić information content (AvgIpc) is 2.75. The molecule has 2 rings (SSSR count). The van der Waals surface area contributed by atoms with Crippen molar-refractivity contribution >= 4 is 23.2 Å². The van der Waals surface area contributed by atoms with Crippen LogP contribution in [-0.2, 0) is 14.3 Å². The third-order valence-electron chi connectivity index (χ3n) is 3.70. The lowest BCUT2D eigenvalue weighted by Gasteiger charge is -2.17. The normalized spacial score (nSPS) is 18.0. The summed E-state index contributed by atoms with van der Waals surface area (Å²) in [6.45, 7) is 0.963. The molecule has 1 unspecified atom stereocenters. The van der Waals surface area contributed by atoms with Crippen LogP contribution in [0.1, 0.15) is 12.8 Å². The van der Waals surface area contributed by atoms with E-state index < -0.39 is 6.04 Å². The molecule has 22 heavy (non-hydrogen) atoms. The minimum atomic E-state index is -0.472. The zero-order valence-electron chi connectivity index (χ0n) is 13.3. The van der Waals surface area contributed by atoms with Crippen LogP contribution in [0.3, 0.4) is 0 Å². The molecular formula is C16H23N3O3. The van der Waals surface area contributed by atoms with Crippen LogP contribution in [-0.4, -0.2) is 57.1 Å². The van der Waals surface area contributed by atoms with E-state index in [2.05, 4.69) is 5.32 Å². The van der Waals surface area contributed by atoms with Gasteiger partial charge in [-0.25, -0.2) is 0 Å². The summed E-state index contributed by atoms with van der Waals surface area (Å²) < 4.78 is 4.96.